The zero-order valence-electron chi connectivity index (χ0n) is 12.6. The monoisotopic (exact) mass is 381 g/mol. The average Bonchev–Trinajstić information content (AvgIpc) is 3.14. The van der Waals surface area contributed by atoms with Crippen LogP contribution in [0.2, 0.25) is 0 Å². The highest BCUT2D eigenvalue weighted by Gasteiger charge is 2.16. The molecule has 0 aliphatic heterocycles. The maximum absolute atomic E-state index is 7.61. The number of hydrogen-bond acceptors (Lipinski definition) is 5. The lowest BCUT2D eigenvalue weighted by atomic mass is 10.1. The standard InChI is InChI=1S/C16H15N3S3.ClH/c1-9-5-3-4-6-10(9)12-8-21-15(19-12)11-7-13(14(17)18)22-16(11)20-2;/h3-8H,1-2H3,(H3,17,18);1H. The molecule has 2 heterocycles. The summed E-state index contributed by atoms with van der Waals surface area (Å²) in [6, 6.07) is 10.2. The predicted molar refractivity (Wildman–Crippen MR) is 106 cm³/mol. The molecular formula is C16H16ClN3S3. The lowest BCUT2D eigenvalue weighted by Gasteiger charge is -2.01. The maximum Gasteiger partial charge on any atom is 0.133 e. The Labute approximate surface area is 153 Å². The summed E-state index contributed by atoms with van der Waals surface area (Å²) in [4.78, 5) is 5.59. The zero-order chi connectivity index (χ0) is 15.7. The van der Waals surface area contributed by atoms with Crippen molar-refractivity contribution < 1.29 is 0 Å². The van der Waals surface area contributed by atoms with Crippen molar-refractivity contribution in [3.8, 4) is 21.8 Å². The van der Waals surface area contributed by atoms with Gasteiger partial charge in [-0.25, -0.2) is 4.98 Å². The summed E-state index contributed by atoms with van der Waals surface area (Å²) >= 11 is 4.85. The maximum atomic E-state index is 7.61. The first-order valence-electron chi connectivity index (χ1n) is 6.64. The predicted octanol–water partition coefficient (Wildman–Crippen LogP) is 5.27. The quantitative estimate of drug-likeness (QED) is 0.367. The molecule has 0 aliphatic carbocycles. The van der Waals surface area contributed by atoms with E-state index < -0.39 is 0 Å². The summed E-state index contributed by atoms with van der Waals surface area (Å²) < 4.78 is 1.15. The third kappa shape index (κ3) is 3.61. The van der Waals surface area contributed by atoms with Crippen LogP contribution < -0.4 is 5.73 Å². The number of rotatable bonds is 4. The zero-order valence-corrected chi connectivity index (χ0v) is 15.9. The Balaban J connectivity index is 0.00000192. The molecule has 3 rings (SSSR count). The van der Waals surface area contributed by atoms with Crippen LogP contribution in [0.4, 0.5) is 0 Å². The summed E-state index contributed by atoms with van der Waals surface area (Å²) in [7, 11) is 0. The van der Waals surface area contributed by atoms with Crippen molar-refractivity contribution in [3.05, 3.63) is 46.2 Å². The molecule has 7 heteroatoms. The van der Waals surface area contributed by atoms with E-state index in [9.17, 15) is 0 Å². The number of nitrogens with zero attached hydrogens (tertiary/aromatic N) is 1. The summed E-state index contributed by atoms with van der Waals surface area (Å²) in [5.74, 6) is 0.113. The number of thiophene rings is 1. The number of aromatic nitrogens is 1. The normalized spacial score (nSPS) is 10.3. The van der Waals surface area contributed by atoms with Crippen LogP contribution in [0.5, 0.6) is 0 Å². The van der Waals surface area contributed by atoms with E-state index in [1.807, 2.05) is 24.5 Å². The molecule has 0 saturated heterocycles. The van der Waals surface area contributed by atoms with Crippen LogP contribution in [-0.2, 0) is 0 Å². The fourth-order valence-corrected chi connectivity index (χ4v) is 4.89. The molecule has 0 saturated carbocycles. The van der Waals surface area contributed by atoms with Crippen LogP contribution >= 0.6 is 46.8 Å². The summed E-state index contributed by atoms with van der Waals surface area (Å²) in [6.45, 7) is 2.10. The van der Waals surface area contributed by atoms with Crippen molar-refractivity contribution >= 4 is 52.7 Å². The first-order chi connectivity index (χ1) is 10.6. The van der Waals surface area contributed by atoms with Gasteiger partial charge in [-0.15, -0.1) is 46.8 Å². The first kappa shape index (κ1) is 18.0. The second kappa shape index (κ2) is 7.49. The van der Waals surface area contributed by atoms with E-state index in [0.717, 1.165) is 30.9 Å². The van der Waals surface area contributed by atoms with Gasteiger partial charge < -0.3 is 5.73 Å². The van der Waals surface area contributed by atoms with Gasteiger partial charge in [-0.05, 0) is 24.8 Å². The summed E-state index contributed by atoms with van der Waals surface area (Å²) in [6.07, 6.45) is 2.04. The van der Waals surface area contributed by atoms with Crippen molar-refractivity contribution in [1.29, 1.82) is 5.41 Å². The second-order valence-electron chi connectivity index (χ2n) is 4.78. The van der Waals surface area contributed by atoms with E-state index >= 15 is 0 Å². The Morgan fingerprint density at radius 1 is 1.26 bits per heavy atom. The van der Waals surface area contributed by atoms with Crippen LogP contribution in [0.3, 0.4) is 0 Å². The van der Waals surface area contributed by atoms with Gasteiger partial charge >= 0.3 is 0 Å². The smallest absolute Gasteiger partial charge is 0.133 e. The van der Waals surface area contributed by atoms with Gasteiger partial charge in [-0.1, -0.05) is 24.3 Å². The summed E-state index contributed by atoms with van der Waals surface area (Å²) in [5, 5.41) is 10.7. The third-order valence-corrected chi connectivity index (χ3v) is 6.48. The highest BCUT2D eigenvalue weighted by molar-refractivity contribution is 8.00. The average molecular weight is 382 g/mol. The minimum absolute atomic E-state index is 0. The Bertz CT molecular complexity index is 839. The van der Waals surface area contributed by atoms with Crippen LogP contribution in [0.1, 0.15) is 10.4 Å². The van der Waals surface area contributed by atoms with Crippen molar-refractivity contribution in [2.24, 2.45) is 5.73 Å². The first-order valence-corrected chi connectivity index (χ1v) is 9.56. The van der Waals surface area contributed by atoms with Crippen molar-refractivity contribution in [2.45, 2.75) is 11.1 Å². The fraction of sp³-hybridized carbons (Fsp3) is 0.125. The van der Waals surface area contributed by atoms with E-state index in [1.54, 1.807) is 34.4 Å². The van der Waals surface area contributed by atoms with Gasteiger partial charge in [0.25, 0.3) is 0 Å². The molecular weight excluding hydrogens is 366 g/mol. The van der Waals surface area contributed by atoms with Crippen LogP contribution in [0.15, 0.2) is 39.9 Å². The number of thioether (sulfide) groups is 1. The van der Waals surface area contributed by atoms with Gasteiger partial charge in [-0.3, -0.25) is 5.41 Å². The number of benzene rings is 1. The van der Waals surface area contributed by atoms with E-state index in [1.165, 1.54) is 5.56 Å². The van der Waals surface area contributed by atoms with Crippen molar-refractivity contribution in [3.63, 3.8) is 0 Å². The number of halogens is 1. The minimum Gasteiger partial charge on any atom is -0.383 e. The van der Waals surface area contributed by atoms with E-state index in [0.29, 0.717) is 0 Å². The molecule has 0 aliphatic rings. The number of nitrogens with two attached hydrogens (primary N) is 1. The highest BCUT2D eigenvalue weighted by atomic mass is 35.5. The molecule has 2 aromatic heterocycles. The molecule has 0 bridgehead atoms. The lowest BCUT2D eigenvalue weighted by Crippen LogP contribution is -2.08. The van der Waals surface area contributed by atoms with Gasteiger partial charge in [0.1, 0.15) is 10.8 Å². The SMILES string of the molecule is CSc1sc(C(=N)N)cc1-c1nc(-c2ccccc2C)cs1.Cl. The van der Waals surface area contributed by atoms with Crippen LogP contribution in [0, 0.1) is 12.3 Å². The molecule has 23 heavy (non-hydrogen) atoms. The number of nitrogens with one attached hydrogen (secondary N) is 1. The Kier molecular flexibility index (Phi) is 5.86. The molecule has 0 fully saturated rings. The number of aryl methyl sites for hydroxylation is 1. The van der Waals surface area contributed by atoms with Gasteiger partial charge in [0.05, 0.1) is 14.8 Å². The van der Waals surface area contributed by atoms with Gasteiger partial charge in [-0.2, -0.15) is 0 Å². The Morgan fingerprint density at radius 2 is 2.00 bits per heavy atom. The molecule has 3 nitrogen and oxygen atoms in total. The van der Waals surface area contributed by atoms with Crippen molar-refractivity contribution in [1.82, 2.24) is 4.98 Å². The molecule has 0 atom stereocenters. The minimum atomic E-state index is 0. The number of thiazole rings is 1. The molecule has 120 valence electrons. The van der Waals surface area contributed by atoms with E-state index in [-0.39, 0.29) is 18.2 Å². The highest BCUT2D eigenvalue weighted by Crippen LogP contribution is 2.40. The fourth-order valence-electron chi connectivity index (χ4n) is 2.19. The Hall–Kier alpha value is -1.34. The van der Waals surface area contributed by atoms with E-state index in [4.69, 9.17) is 16.1 Å². The third-order valence-electron chi connectivity index (χ3n) is 3.30. The Morgan fingerprint density at radius 3 is 2.65 bits per heavy atom. The van der Waals surface area contributed by atoms with Gasteiger partial charge in [0.15, 0.2) is 0 Å². The molecule has 1 aromatic carbocycles. The summed E-state index contributed by atoms with van der Waals surface area (Å²) in [5.41, 5.74) is 10.1. The lowest BCUT2D eigenvalue weighted by molar-refractivity contribution is 1.36. The van der Waals surface area contributed by atoms with Crippen LogP contribution in [-0.4, -0.2) is 17.1 Å². The van der Waals surface area contributed by atoms with Crippen LogP contribution in [0.25, 0.3) is 21.8 Å². The molecule has 3 N–H and O–H groups in total. The number of hydrogen-bond donors (Lipinski definition) is 2. The molecule has 0 unspecified atom stereocenters. The molecule has 0 amide bonds. The second-order valence-corrected chi connectivity index (χ2v) is 7.77. The van der Waals surface area contributed by atoms with Crippen molar-refractivity contribution in [2.75, 3.05) is 6.26 Å². The van der Waals surface area contributed by atoms with Gasteiger partial charge in [0.2, 0.25) is 0 Å². The number of nitrogen functional groups attached to an aromatic ring is 1. The van der Waals surface area contributed by atoms with E-state index in [2.05, 4.69) is 24.4 Å². The molecule has 3 aromatic rings. The molecule has 0 spiro atoms. The number of amidine groups is 1. The topological polar surface area (TPSA) is 62.8 Å². The largest absolute Gasteiger partial charge is 0.383 e. The van der Waals surface area contributed by atoms with Gasteiger partial charge in [0, 0.05) is 16.5 Å². The molecule has 0 radical (unpaired) electrons.